The van der Waals surface area contributed by atoms with Gasteiger partial charge < -0.3 is 10.6 Å². The predicted octanol–water partition coefficient (Wildman–Crippen LogP) is -0.365. The summed E-state index contributed by atoms with van der Waals surface area (Å²) in [6.07, 6.45) is 0. The topological polar surface area (TPSA) is 41.6 Å². The highest BCUT2D eigenvalue weighted by Gasteiger charge is 2.14. The first-order chi connectivity index (χ1) is 3.70. The number of nitrogens with two attached hydrogens (primary N) is 1. The van der Waals surface area contributed by atoms with Gasteiger partial charge in [-0.3, -0.25) is 0 Å². The average molecular weight is 113 g/mol. The van der Waals surface area contributed by atoms with Crippen LogP contribution < -0.4 is 5.73 Å². The molecule has 1 aliphatic rings. The van der Waals surface area contributed by atoms with Crippen molar-refractivity contribution >= 4 is 5.96 Å². The van der Waals surface area contributed by atoms with E-state index in [0.717, 1.165) is 6.54 Å². The first kappa shape index (κ1) is 5.41. The summed E-state index contributed by atoms with van der Waals surface area (Å²) in [7, 11) is 1.95. The quantitative estimate of drug-likeness (QED) is 0.466. The molecule has 0 spiro atoms. The highest BCUT2D eigenvalue weighted by Crippen LogP contribution is 2.01. The lowest BCUT2D eigenvalue weighted by atomic mass is 10.4. The molecule has 0 aromatic heterocycles. The van der Waals surface area contributed by atoms with Crippen molar-refractivity contribution in [2.24, 2.45) is 10.7 Å². The normalized spacial score (nSPS) is 28.5. The van der Waals surface area contributed by atoms with Gasteiger partial charge in [-0.1, -0.05) is 0 Å². The Morgan fingerprint density at radius 2 is 2.50 bits per heavy atom. The molecule has 46 valence electrons. The molecule has 0 saturated heterocycles. The monoisotopic (exact) mass is 113 g/mol. The second-order valence-corrected chi connectivity index (χ2v) is 2.22. The maximum absolute atomic E-state index is 5.44. The maximum atomic E-state index is 5.44. The molecule has 0 aromatic carbocycles. The summed E-state index contributed by atoms with van der Waals surface area (Å²) in [5.41, 5.74) is 5.44. The van der Waals surface area contributed by atoms with Crippen LogP contribution in [0.25, 0.3) is 0 Å². The number of guanidine groups is 1. The summed E-state index contributed by atoms with van der Waals surface area (Å²) in [6, 6.07) is 0.389. The first-order valence-electron chi connectivity index (χ1n) is 2.74. The molecule has 0 bridgehead atoms. The van der Waals surface area contributed by atoms with Crippen molar-refractivity contribution in [3.8, 4) is 0 Å². The van der Waals surface area contributed by atoms with E-state index >= 15 is 0 Å². The molecule has 8 heavy (non-hydrogen) atoms. The minimum atomic E-state index is 0.389. The third-order valence-electron chi connectivity index (χ3n) is 1.28. The van der Waals surface area contributed by atoms with E-state index in [4.69, 9.17) is 5.73 Å². The van der Waals surface area contributed by atoms with E-state index in [9.17, 15) is 0 Å². The van der Waals surface area contributed by atoms with Gasteiger partial charge in [0.05, 0.1) is 6.04 Å². The van der Waals surface area contributed by atoms with Gasteiger partial charge in [-0.2, -0.15) is 0 Å². The van der Waals surface area contributed by atoms with Gasteiger partial charge >= 0.3 is 0 Å². The molecule has 0 aromatic rings. The Morgan fingerprint density at radius 1 is 1.88 bits per heavy atom. The maximum Gasteiger partial charge on any atom is 0.191 e. The van der Waals surface area contributed by atoms with Gasteiger partial charge in [0.15, 0.2) is 5.96 Å². The number of aliphatic imine (C=N–C) groups is 1. The van der Waals surface area contributed by atoms with Crippen LogP contribution in [0.1, 0.15) is 6.92 Å². The van der Waals surface area contributed by atoms with Gasteiger partial charge in [0.1, 0.15) is 0 Å². The van der Waals surface area contributed by atoms with Crippen molar-refractivity contribution in [2.75, 3.05) is 13.6 Å². The van der Waals surface area contributed by atoms with Crippen LogP contribution in [0, 0.1) is 0 Å². The second kappa shape index (κ2) is 1.65. The standard InChI is InChI=1S/C5H11N3/c1-4-3-8(2)5(6)7-4/h4H,3H2,1-2H3,(H2,6,7). The van der Waals surface area contributed by atoms with Gasteiger partial charge in [-0.15, -0.1) is 0 Å². The van der Waals surface area contributed by atoms with Crippen molar-refractivity contribution in [1.29, 1.82) is 0 Å². The van der Waals surface area contributed by atoms with Crippen molar-refractivity contribution in [2.45, 2.75) is 13.0 Å². The molecular weight excluding hydrogens is 102 g/mol. The van der Waals surface area contributed by atoms with Gasteiger partial charge in [0.25, 0.3) is 0 Å². The molecule has 1 unspecified atom stereocenters. The molecule has 0 amide bonds. The Bertz CT molecular complexity index is 119. The molecule has 1 rings (SSSR count). The second-order valence-electron chi connectivity index (χ2n) is 2.22. The van der Waals surface area contributed by atoms with Crippen molar-refractivity contribution in [3.05, 3.63) is 0 Å². The number of rotatable bonds is 0. The lowest BCUT2D eigenvalue weighted by Gasteiger charge is -2.08. The molecule has 3 nitrogen and oxygen atoms in total. The van der Waals surface area contributed by atoms with E-state index in [1.165, 1.54) is 0 Å². The Balaban J connectivity index is 2.59. The van der Waals surface area contributed by atoms with Crippen LogP contribution in [0.15, 0.2) is 4.99 Å². The van der Waals surface area contributed by atoms with Crippen LogP contribution >= 0.6 is 0 Å². The molecule has 3 heteroatoms. The Hall–Kier alpha value is -0.730. The third-order valence-corrected chi connectivity index (χ3v) is 1.28. The van der Waals surface area contributed by atoms with Crippen molar-refractivity contribution in [3.63, 3.8) is 0 Å². The fraction of sp³-hybridized carbons (Fsp3) is 0.800. The molecule has 1 atom stereocenters. The summed E-state index contributed by atoms with van der Waals surface area (Å²) in [5, 5.41) is 0. The highest BCUT2D eigenvalue weighted by atomic mass is 15.3. The summed E-state index contributed by atoms with van der Waals surface area (Å²) in [6.45, 7) is 3.02. The molecule has 1 aliphatic heterocycles. The van der Waals surface area contributed by atoms with Crippen LogP contribution in [0.2, 0.25) is 0 Å². The Labute approximate surface area is 49.2 Å². The number of hydrogen-bond acceptors (Lipinski definition) is 3. The molecule has 2 N–H and O–H groups in total. The fourth-order valence-corrected chi connectivity index (χ4v) is 0.855. The minimum absolute atomic E-state index is 0.389. The van der Waals surface area contributed by atoms with Gasteiger partial charge in [0.2, 0.25) is 0 Å². The lowest BCUT2D eigenvalue weighted by Crippen LogP contribution is -2.30. The average Bonchev–Trinajstić information content (AvgIpc) is 1.85. The first-order valence-corrected chi connectivity index (χ1v) is 2.74. The minimum Gasteiger partial charge on any atom is -0.370 e. The molecule has 1 heterocycles. The Morgan fingerprint density at radius 3 is 2.62 bits per heavy atom. The zero-order valence-corrected chi connectivity index (χ0v) is 5.26. The number of nitrogens with zero attached hydrogens (tertiary/aromatic N) is 2. The van der Waals surface area contributed by atoms with E-state index in [1.54, 1.807) is 0 Å². The third kappa shape index (κ3) is 0.757. The van der Waals surface area contributed by atoms with E-state index in [2.05, 4.69) is 11.9 Å². The summed E-state index contributed by atoms with van der Waals surface area (Å²) >= 11 is 0. The lowest BCUT2D eigenvalue weighted by molar-refractivity contribution is 0.510. The van der Waals surface area contributed by atoms with Gasteiger partial charge in [-0.25, -0.2) is 4.99 Å². The SMILES string of the molecule is CC1CN(C)C(N)=N1. The molecule has 0 saturated carbocycles. The van der Waals surface area contributed by atoms with Crippen LogP contribution in [0.4, 0.5) is 0 Å². The summed E-state index contributed by atoms with van der Waals surface area (Å²) in [5.74, 6) is 0.664. The summed E-state index contributed by atoms with van der Waals surface area (Å²) < 4.78 is 0. The highest BCUT2D eigenvalue weighted by molar-refractivity contribution is 5.79. The van der Waals surface area contributed by atoms with E-state index in [0.29, 0.717) is 12.0 Å². The fourth-order valence-electron chi connectivity index (χ4n) is 0.855. The smallest absolute Gasteiger partial charge is 0.191 e. The largest absolute Gasteiger partial charge is 0.370 e. The van der Waals surface area contributed by atoms with Crippen LogP contribution in [0.5, 0.6) is 0 Å². The van der Waals surface area contributed by atoms with E-state index < -0.39 is 0 Å². The van der Waals surface area contributed by atoms with Crippen molar-refractivity contribution in [1.82, 2.24) is 4.90 Å². The van der Waals surface area contributed by atoms with Gasteiger partial charge in [0, 0.05) is 13.6 Å². The van der Waals surface area contributed by atoms with Crippen LogP contribution in [0.3, 0.4) is 0 Å². The van der Waals surface area contributed by atoms with E-state index in [1.807, 2.05) is 11.9 Å². The number of hydrogen-bond donors (Lipinski definition) is 1. The van der Waals surface area contributed by atoms with Crippen molar-refractivity contribution < 1.29 is 0 Å². The van der Waals surface area contributed by atoms with E-state index in [-0.39, 0.29) is 0 Å². The van der Waals surface area contributed by atoms with Gasteiger partial charge in [-0.05, 0) is 6.92 Å². The molecular formula is C5H11N3. The van der Waals surface area contributed by atoms with Crippen LogP contribution in [-0.2, 0) is 0 Å². The zero-order valence-electron chi connectivity index (χ0n) is 5.26. The zero-order chi connectivity index (χ0) is 6.15. The molecule has 0 radical (unpaired) electrons. The molecule has 0 aliphatic carbocycles. The number of likely N-dealkylation sites (N-methyl/N-ethyl adjacent to an activating group) is 1. The van der Waals surface area contributed by atoms with Crippen LogP contribution in [-0.4, -0.2) is 30.5 Å². The predicted molar refractivity (Wildman–Crippen MR) is 33.7 cm³/mol. The molecule has 0 fully saturated rings. The Kier molecular flexibility index (Phi) is 1.12. The summed E-state index contributed by atoms with van der Waals surface area (Å²) in [4.78, 5) is 6.04.